The molecule has 9 nitrogen and oxygen atoms in total. The second-order valence-corrected chi connectivity index (χ2v) is 9.73. The number of ether oxygens (including phenoxy) is 1. The number of carbonyl (C=O) groups is 1. The van der Waals surface area contributed by atoms with Gasteiger partial charge in [-0.1, -0.05) is 11.6 Å². The Morgan fingerprint density at radius 1 is 1.12 bits per heavy atom. The third kappa shape index (κ3) is 5.51. The molecule has 1 aliphatic rings. The number of benzene rings is 2. The second-order valence-electron chi connectivity index (χ2n) is 8.94. The van der Waals surface area contributed by atoms with Crippen molar-refractivity contribution in [3.05, 3.63) is 71.1 Å². The predicted octanol–water partition coefficient (Wildman–Crippen LogP) is 4.97. The van der Waals surface area contributed by atoms with E-state index in [2.05, 4.69) is 20.2 Å². The number of nitrogens with zero attached hydrogens (tertiary/aromatic N) is 6. The number of fused-ring (bicyclic) bond motifs is 1. The molecular formula is C27H23Cl2F2N7O2. The zero-order valence-electron chi connectivity index (χ0n) is 21.1. The van der Waals surface area contributed by atoms with Crippen molar-refractivity contribution in [2.75, 3.05) is 50.5 Å². The van der Waals surface area contributed by atoms with Gasteiger partial charge >= 0.3 is 0 Å². The van der Waals surface area contributed by atoms with Crippen LogP contribution in [-0.4, -0.2) is 75.3 Å². The third-order valence-corrected chi connectivity index (χ3v) is 7.05. The van der Waals surface area contributed by atoms with Crippen LogP contribution in [0.1, 0.15) is 10.4 Å². The zero-order chi connectivity index (χ0) is 28.2. The van der Waals surface area contributed by atoms with E-state index in [4.69, 9.17) is 33.2 Å². The number of nitriles is 1. The molecule has 13 heteroatoms. The number of piperazine rings is 1. The average Bonchev–Trinajstić information content (AvgIpc) is 3.39. The number of carbonyl (C=O) groups excluding carboxylic acids is 1. The fourth-order valence-electron chi connectivity index (χ4n) is 4.53. The summed E-state index contributed by atoms with van der Waals surface area (Å²) >= 11 is 12.3. The Balaban J connectivity index is 1.36. The maximum Gasteiger partial charge on any atom is 0.255 e. The van der Waals surface area contributed by atoms with Gasteiger partial charge in [0.15, 0.2) is 29.6 Å². The van der Waals surface area contributed by atoms with Crippen molar-refractivity contribution >= 4 is 46.3 Å². The molecule has 0 bridgehead atoms. The van der Waals surface area contributed by atoms with Gasteiger partial charge < -0.3 is 15.0 Å². The van der Waals surface area contributed by atoms with Crippen LogP contribution >= 0.6 is 23.2 Å². The SMILES string of the molecule is N#CCOc1ccc(-c2cnc3c(Nc4ccc(C(=O)N5CCN(CCCl)CC5)c(Cl)c4)nccn23)c(F)c1F. The number of rotatable bonds is 8. The molecule has 1 aliphatic heterocycles. The van der Waals surface area contributed by atoms with Crippen LogP contribution in [0.25, 0.3) is 16.9 Å². The number of hydrogen-bond donors (Lipinski definition) is 1. The first-order chi connectivity index (χ1) is 19.4. The number of anilines is 2. The van der Waals surface area contributed by atoms with E-state index in [-0.39, 0.29) is 27.9 Å². The van der Waals surface area contributed by atoms with Gasteiger partial charge in [-0.3, -0.25) is 14.1 Å². The van der Waals surface area contributed by atoms with Crippen molar-refractivity contribution < 1.29 is 18.3 Å². The van der Waals surface area contributed by atoms with Crippen molar-refractivity contribution in [3.63, 3.8) is 0 Å². The summed E-state index contributed by atoms with van der Waals surface area (Å²) in [6.45, 7) is 3.10. The van der Waals surface area contributed by atoms with Crippen LogP contribution in [0.15, 0.2) is 48.9 Å². The maximum absolute atomic E-state index is 14.9. The molecule has 2 aromatic heterocycles. The maximum atomic E-state index is 14.9. The first-order valence-electron chi connectivity index (χ1n) is 12.4. The Hall–Kier alpha value is -3.98. The highest BCUT2D eigenvalue weighted by molar-refractivity contribution is 6.34. The largest absolute Gasteiger partial charge is 0.476 e. The van der Waals surface area contributed by atoms with Gasteiger partial charge in [-0.15, -0.1) is 11.6 Å². The van der Waals surface area contributed by atoms with Gasteiger partial charge in [-0.25, -0.2) is 14.4 Å². The van der Waals surface area contributed by atoms with E-state index in [9.17, 15) is 13.6 Å². The monoisotopic (exact) mass is 585 g/mol. The molecule has 1 N–H and O–H groups in total. The van der Waals surface area contributed by atoms with Gasteiger partial charge in [-0.05, 0) is 30.3 Å². The van der Waals surface area contributed by atoms with E-state index in [1.807, 2.05) is 0 Å². The zero-order valence-corrected chi connectivity index (χ0v) is 22.6. The molecule has 1 saturated heterocycles. The van der Waals surface area contributed by atoms with Crippen molar-refractivity contribution in [2.45, 2.75) is 0 Å². The highest BCUT2D eigenvalue weighted by atomic mass is 35.5. The number of halogens is 4. The van der Waals surface area contributed by atoms with E-state index >= 15 is 0 Å². The Morgan fingerprint density at radius 3 is 2.65 bits per heavy atom. The van der Waals surface area contributed by atoms with Crippen LogP contribution in [0.3, 0.4) is 0 Å². The quantitative estimate of drug-likeness (QED) is 0.291. The summed E-state index contributed by atoms with van der Waals surface area (Å²) < 4.78 is 35.9. The molecule has 0 radical (unpaired) electrons. The van der Waals surface area contributed by atoms with Gasteiger partial charge in [0.05, 0.1) is 22.5 Å². The van der Waals surface area contributed by atoms with Crippen molar-refractivity contribution in [1.29, 1.82) is 5.26 Å². The summed E-state index contributed by atoms with van der Waals surface area (Å²) in [7, 11) is 0. The number of alkyl halides is 1. The Bertz CT molecular complexity index is 1600. The second kappa shape index (κ2) is 12.0. The topological polar surface area (TPSA) is 98.8 Å². The Labute approximate surface area is 238 Å². The van der Waals surface area contributed by atoms with Crippen LogP contribution in [0.4, 0.5) is 20.3 Å². The molecule has 3 heterocycles. The highest BCUT2D eigenvalue weighted by Gasteiger charge is 2.24. The summed E-state index contributed by atoms with van der Waals surface area (Å²) in [6.07, 6.45) is 4.46. The number of hydrogen-bond acceptors (Lipinski definition) is 7. The summed E-state index contributed by atoms with van der Waals surface area (Å²) in [6, 6.07) is 9.33. The van der Waals surface area contributed by atoms with Gasteiger partial charge in [0.1, 0.15) is 6.07 Å². The molecule has 206 valence electrons. The van der Waals surface area contributed by atoms with E-state index < -0.39 is 18.2 Å². The summed E-state index contributed by atoms with van der Waals surface area (Å²) in [4.78, 5) is 25.7. The fraction of sp³-hybridized carbons (Fsp3) is 0.259. The third-order valence-electron chi connectivity index (χ3n) is 6.57. The standard InChI is InChI=1S/C27H23Cl2F2N7O2/c28-5-8-36-10-12-37(13-11-36)27(39)18-2-1-17(15-20(18)29)35-25-26-34-16-21(38(26)9-7-33-25)19-3-4-22(40-14-6-32)24(31)23(19)30/h1-4,7,9,15-16H,5,8,10-14H2,(H,33,35). The lowest BCUT2D eigenvalue weighted by Crippen LogP contribution is -2.49. The molecule has 5 rings (SSSR count). The first kappa shape index (κ1) is 27.6. The van der Waals surface area contributed by atoms with Crippen LogP contribution in [0.5, 0.6) is 5.75 Å². The van der Waals surface area contributed by atoms with E-state index in [0.717, 1.165) is 19.6 Å². The van der Waals surface area contributed by atoms with Crippen LogP contribution in [0.2, 0.25) is 5.02 Å². The minimum Gasteiger partial charge on any atom is -0.476 e. The Morgan fingerprint density at radius 2 is 1.93 bits per heavy atom. The molecule has 0 aliphatic carbocycles. The predicted molar refractivity (Wildman–Crippen MR) is 147 cm³/mol. The molecule has 40 heavy (non-hydrogen) atoms. The molecule has 2 aromatic carbocycles. The van der Waals surface area contributed by atoms with Crippen LogP contribution < -0.4 is 10.1 Å². The molecule has 0 spiro atoms. The smallest absolute Gasteiger partial charge is 0.255 e. The van der Waals surface area contributed by atoms with E-state index in [1.165, 1.54) is 24.5 Å². The lowest BCUT2D eigenvalue weighted by molar-refractivity contribution is 0.0644. The molecule has 4 aromatic rings. The summed E-state index contributed by atoms with van der Waals surface area (Å²) in [5, 5.41) is 12.0. The van der Waals surface area contributed by atoms with Gasteiger partial charge in [0.2, 0.25) is 5.82 Å². The summed E-state index contributed by atoms with van der Waals surface area (Å²) in [5.41, 5.74) is 1.56. The van der Waals surface area contributed by atoms with Crippen molar-refractivity contribution in [1.82, 2.24) is 24.2 Å². The summed E-state index contributed by atoms with van der Waals surface area (Å²) in [5.74, 6) is -1.92. The molecule has 0 unspecified atom stereocenters. The molecular weight excluding hydrogens is 563 g/mol. The van der Waals surface area contributed by atoms with Gasteiger partial charge in [-0.2, -0.15) is 9.65 Å². The lowest BCUT2D eigenvalue weighted by Gasteiger charge is -2.34. The van der Waals surface area contributed by atoms with Crippen molar-refractivity contribution in [3.8, 4) is 23.1 Å². The normalized spacial score (nSPS) is 13.8. The van der Waals surface area contributed by atoms with Crippen LogP contribution in [-0.2, 0) is 0 Å². The van der Waals surface area contributed by atoms with Gasteiger partial charge in [0, 0.05) is 62.2 Å². The number of imidazole rings is 1. The minimum absolute atomic E-state index is 0.0409. The highest BCUT2D eigenvalue weighted by Crippen LogP contribution is 2.32. The molecule has 0 saturated carbocycles. The number of nitrogens with one attached hydrogen (secondary N) is 1. The van der Waals surface area contributed by atoms with Gasteiger partial charge in [0.25, 0.3) is 5.91 Å². The molecule has 1 fully saturated rings. The number of aromatic nitrogens is 3. The fourth-order valence-corrected chi connectivity index (χ4v) is 5.03. The average molecular weight is 586 g/mol. The van der Waals surface area contributed by atoms with Crippen LogP contribution in [0, 0.1) is 23.0 Å². The minimum atomic E-state index is -1.20. The molecule has 1 amide bonds. The first-order valence-corrected chi connectivity index (χ1v) is 13.3. The Kier molecular flexibility index (Phi) is 8.30. The van der Waals surface area contributed by atoms with E-state index in [1.54, 1.807) is 39.8 Å². The lowest BCUT2D eigenvalue weighted by atomic mass is 10.1. The molecule has 0 atom stereocenters. The van der Waals surface area contributed by atoms with E-state index in [0.29, 0.717) is 41.7 Å². The van der Waals surface area contributed by atoms with Crippen molar-refractivity contribution in [2.24, 2.45) is 0 Å². The number of amides is 1.